The maximum absolute atomic E-state index is 12.1. The highest BCUT2D eigenvalue weighted by atomic mass is 79.9. The number of hydrogen-bond acceptors (Lipinski definition) is 2. The Morgan fingerprint density at radius 1 is 1.44 bits per heavy atom. The number of para-hydroxylation sites is 1. The van der Waals surface area contributed by atoms with Gasteiger partial charge in [0.05, 0.1) is 5.56 Å². The summed E-state index contributed by atoms with van der Waals surface area (Å²) in [5.74, 6) is 0.663. The van der Waals surface area contributed by atoms with E-state index >= 15 is 0 Å². The molecule has 1 fully saturated rings. The normalized spacial score (nSPS) is 16.7. The molecule has 1 aliphatic carbocycles. The van der Waals surface area contributed by atoms with Crippen molar-refractivity contribution in [2.75, 3.05) is 6.54 Å². The number of fused-ring (bicyclic) bond motifs is 1. The van der Waals surface area contributed by atoms with E-state index in [1.807, 2.05) is 24.3 Å². The summed E-state index contributed by atoms with van der Waals surface area (Å²) in [6, 6.07) is 7.57. The van der Waals surface area contributed by atoms with E-state index in [4.69, 9.17) is 4.42 Å². The van der Waals surface area contributed by atoms with Gasteiger partial charge in [0, 0.05) is 16.8 Å². The summed E-state index contributed by atoms with van der Waals surface area (Å²) in [5, 5.41) is 3.82. The van der Waals surface area contributed by atoms with Crippen molar-refractivity contribution in [3.8, 4) is 0 Å². The summed E-state index contributed by atoms with van der Waals surface area (Å²) in [6.07, 6.45) is 4.06. The maximum atomic E-state index is 12.1. The van der Waals surface area contributed by atoms with Crippen LogP contribution in [0.3, 0.4) is 0 Å². The van der Waals surface area contributed by atoms with E-state index in [2.05, 4.69) is 21.2 Å². The molecule has 3 rings (SSSR count). The fourth-order valence-electron chi connectivity index (χ4n) is 2.06. The van der Waals surface area contributed by atoms with Gasteiger partial charge in [-0.05, 0) is 24.8 Å². The lowest BCUT2D eigenvalue weighted by atomic mass is 10.1. The molecule has 1 amide bonds. The fourth-order valence-corrected chi connectivity index (χ4v) is 2.75. The summed E-state index contributed by atoms with van der Waals surface area (Å²) in [6.45, 7) is 0.670. The standard InChI is InChI=1S/C14H14BrNO2/c15-12(9-5-6-9)7-16-14(17)11-8-18-13-4-2-1-3-10(11)13/h1-4,8-9,12H,5-7H2,(H,16,17). The van der Waals surface area contributed by atoms with Gasteiger partial charge in [-0.3, -0.25) is 4.79 Å². The lowest BCUT2D eigenvalue weighted by Gasteiger charge is -2.09. The predicted octanol–water partition coefficient (Wildman–Crippen LogP) is 3.34. The molecule has 0 radical (unpaired) electrons. The van der Waals surface area contributed by atoms with Crippen molar-refractivity contribution >= 4 is 32.8 Å². The van der Waals surface area contributed by atoms with Crippen LogP contribution in [0.25, 0.3) is 11.0 Å². The van der Waals surface area contributed by atoms with Crippen LogP contribution in [0.4, 0.5) is 0 Å². The van der Waals surface area contributed by atoms with Crippen LogP contribution in [0.15, 0.2) is 34.9 Å². The van der Waals surface area contributed by atoms with E-state index < -0.39 is 0 Å². The molecule has 1 N–H and O–H groups in total. The van der Waals surface area contributed by atoms with E-state index in [-0.39, 0.29) is 5.91 Å². The van der Waals surface area contributed by atoms with E-state index in [9.17, 15) is 4.79 Å². The number of carbonyl (C=O) groups is 1. The zero-order valence-electron chi connectivity index (χ0n) is 9.86. The quantitative estimate of drug-likeness (QED) is 0.880. The SMILES string of the molecule is O=C(NCC(Br)C1CC1)c1coc2ccccc12. The Bertz CT molecular complexity index is 574. The average Bonchev–Trinajstić information content (AvgIpc) is 3.15. The van der Waals surface area contributed by atoms with Crippen LogP contribution < -0.4 is 5.32 Å². The number of hydrogen-bond donors (Lipinski definition) is 1. The Kier molecular flexibility index (Phi) is 3.12. The molecule has 0 bridgehead atoms. The number of amides is 1. The Balaban J connectivity index is 1.71. The summed E-state index contributed by atoms with van der Waals surface area (Å²) >= 11 is 3.61. The molecule has 1 unspecified atom stereocenters. The highest BCUT2D eigenvalue weighted by Gasteiger charge is 2.29. The number of carbonyl (C=O) groups excluding carboxylic acids is 1. The van der Waals surface area contributed by atoms with Crippen LogP contribution in [-0.2, 0) is 0 Å². The van der Waals surface area contributed by atoms with E-state index in [0.29, 0.717) is 16.9 Å². The number of nitrogens with one attached hydrogen (secondary N) is 1. The van der Waals surface area contributed by atoms with Crippen molar-refractivity contribution < 1.29 is 9.21 Å². The smallest absolute Gasteiger partial charge is 0.255 e. The third kappa shape index (κ3) is 2.29. The van der Waals surface area contributed by atoms with Gasteiger partial charge in [-0.25, -0.2) is 0 Å². The molecule has 1 atom stereocenters. The molecule has 18 heavy (non-hydrogen) atoms. The minimum atomic E-state index is -0.0648. The summed E-state index contributed by atoms with van der Waals surface area (Å²) in [5.41, 5.74) is 1.36. The predicted molar refractivity (Wildman–Crippen MR) is 74.0 cm³/mol. The first kappa shape index (κ1) is 11.8. The fraction of sp³-hybridized carbons (Fsp3) is 0.357. The van der Waals surface area contributed by atoms with Crippen molar-refractivity contribution in [3.05, 3.63) is 36.1 Å². The van der Waals surface area contributed by atoms with Crippen molar-refractivity contribution in [2.24, 2.45) is 5.92 Å². The Morgan fingerprint density at radius 2 is 2.22 bits per heavy atom. The van der Waals surface area contributed by atoms with E-state index in [1.54, 1.807) is 0 Å². The molecular formula is C14H14BrNO2. The molecule has 1 saturated carbocycles. The van der Waals surface area contributed by atoms with Gasteiger partial charge in [0.2, 0.25) is 0 Å². The first-order valence-corrected chi connectivity index (χ1v) is 7.06. The number of alkyl halides is 1. The number of furan rings is 1. The van der Waals surface area contributed by atoms with Crippen molar-refractivity contribution in [2.45, 2.75) is 17.7 Å². The minimum Gasteiger partial charge on any atom is -0.463 e. The van der Waals surface area contributed by atoms with Gasteiger partial charge in [-0.2, -0.15) is 0 Å². The first-order valence-electron chi connectivity index (χ1n) is 6.14. The molecule has 1 aromatic heterocycles. The van der Waals surface area contributed by atoms with Crippen LogP contribution >= 0.6 is 15.9 Å². The number of benzene rings is 1. The van der Waals surface area contributed by atoms with E-state index in [0.717, 1.165) is 16.9 Å². The second-order valence-corrected chi connectivity index (χ2v) is 5.89. The van der Waals surface area contributed by atoms with Crippen molar-refractivity contribution in [1.29, 1.82) is 0 Å². The first-order chi connectivity index (χ1) is 8.75. The Morgan fingerprint density at radius 3 is 3.00 bits per heavy atom. The average molecular weight is 308 g/mol. The van der Waals surface area contributed by atoms with Crippen molar-refractivity contribution in [3.63, 3.8) is 0 Å². The zero-order chi connectivity index (χ0) is 12.5. The van der Waals surface area contributed by atoms with E-state index in [1.165, 1.54) is 19.1 Å². The van der Waals surface area contributed by atoms with Crippen LogP contribution in [-0.4, -0.2) is 17.3 Å². The summed E-state index contributed by atoms with van der Waals surface area (Å²) < 4.78 is 5.36. The van der Waals surface area contributed by atoms with Crippen LogP contribution in [0, 0.1) is 5.92 Å². The highest BCUT2D eigenvalue weighted by molar-refractivity contribution is 9.09. The van der Waals surface area contributed by atoms with Gasteiger partial charge in [0.1, 0.15) is 11.8 Å². The van der Waals surface area contributed by atoms with Gasteiger partial charge >= 0.3 is 0 Å². The molecule has 0 saturated heterocycles. The molecule has 1 heterocycles. The zero-order valence-corrected chi connectivity index (χ0v) is 11.4. The number of rotatable bonds is 4. The largest absolute Gasteiger partial charge is 0.463 e. The summed E-state index contributed by atoms with van der Waals surface area (Å²) in [7, 11) is 0. The third-order valence-corrected chi connectivity index (χ3v) is 4.39. The summed E-state index contributed by atoms with van der Waals surface area (Å²) in [4.78, 5) is 12.5. The van der Waals surface area contributed by atoms with Crippen LogP contribution in [0.5, 0.6) is 0 Å². The van der Waals surface area contributed by atoms with Gasteiger partial charge in [-0.1, -0.05) is 34.1 Å². The molecule has 94 valence electrons. The monoisotopic (exact) mass is 307 g/mol. The second kappa shape index (κ2) is 4.76. The second-order valence-electron chi connectivity index (χ2n) is 4.71. The molecular weight excluding hydrogens is 294 g/mol. The van der Waals surface area contributed by atoms with Gasteiger partial charge in [0.25, 0.3) is 5.91 Å². The number of halogens is 1. The van der Waals surface area contributed by atoms with Crippen LogP contribution in [0.1, 0.15) is 23.2 Å². The van der Waals surface area contributed by atoms with Crippen LogP contribution in [0.2, 0.25) is 0 Å². The third-order valence-electron chi connectivity index (χ3n) is 3.32. The van der Waals surface area contributed by atoms with Gasteiger partial charge in [0.15, 0.2) is 0 Å². The van der Waals surface area contributed by atoms with Gasteiger partial charge in [-0.15, -0.1) is 0 Å². The molecule has 1 aliphatic rings. The Hall–Kier alpha value is -1.29. The molecule has 4 heteroatoms. The molecule has 1 aromatic carbocycles. The highest BCUT2D eigenvalue weighted by Crippen LogP contribution is 2.36. The maximum Gasteiger partial charge on any atom is 0.255 e. The topological polar surface area (TPSA) is 42.2 Å². The minimum absolute atomic E-state index is 0.0648. The molecule has 0 spiro atoms. The van der Waals surface area contributed by atoms with Gasteiger partial charge < -0.3 is 9.73 Å². The lowest BCUT2D eigenvalue weighted by molar-refractivity contribution is 0.0954. The Labute approximate surface area is 114 Å². The molecule has 2 aromatic rings. The van der Waals surface area contributed by atoms with Crippen molar-refractivity contribution in [1.82, 2.24) is 5.32 Å². The molecule has 3 nitrogen and oxygen atoms in total. The molecule has 0 aliphatic heterocycles. The lowest BCUT2D eigenvalue weighted by Crippen LogP contribution is -2.30.